The second-order valence-electron chi connectivity index (χ2n) is 8.74. The monoisotopic (exact) mass is 292 g/mol. The first-order valence-corrected chi connectivity index (χ1v) is 9.00. The Bertz CT molecular complexity index is 407. The molecule has 0 radical (unpaired) electrons. The summed E-state index contributed by atoms with van der Waals surface area (Å²) in [7, 11) is 4.95. The molecule has 4 atom stereocenters. The van der Waals surface area contributed by atoms with E-state index in [4.69, 9.17) is 4.74 Å². The van der Waals surface area contributed by atoms with Crippen LogP contribution in [0.5, 0.6) is 0 Å². The number of quaternary nitrogens is 2. The highest BCUT2D eigenvalue weighted by Crippen LogP contribution is 2.52. The number of fused-ring (bicyclic) bond motifs is 5. The maximum Gasteiger partial charge on any atom is 0.102 e. The highest BCUT2D eigenvalue weighted by molar-refractivity contribution is 5.14. The molecule has 2 bridgehead atoms. The fourth-order valence-corrected chi connectivity index (χ4v) is 5.68. The molecule has 2 saturated heterocycles. The van der Waals surface area contributed by atoms with E-state index in [1.807, 2.05) is 0 Å². The molecule has 0 unspecified atom stereocenters. The van der Waals surface area contributed by atoms with Crippen LogP contribution in [0.2, 0.25) is 0 Å². The van der Waals surface area contributed by atoms with Gasteiger partial charge in [0.15, 0.2) is 0 Å². The summed E-state index contributed by atoms with van der Waals surface area (Å²) in [5.74, 6) is 3.89. The van der Waals surface area contributed by atoms with Crippen LogP contribution in [0, 0.1) is 23.7 Å². The van der Waals surface area contributed by atoms with Gasteiger partial charge in [0.2, 0.25) is 0 Å². The first-order chi connectivity index (χ1) is 10.1. The molecule has 21 heavy (non-hydrogen) atoms. The van der Waals surface area contributed by atoms with Crippen LogP contribution >= 0.6 is 0 Å². The third kappa shape index (κ3) is 2.58. The van der Waals surface area contributed by atoms with Crippen LogP contribution in [0.4, 0.5) is 0 Å². The fourth-order valence-electron chi connectivity index (χ4n) is 5.68. The normalized spacial score (nSPS) is 47.0. The Morgan fingerprint density at radius 2 is 1.48 bits per heavy atom. The van der Waals surface area contributed by atoms with Gasteiger partial charge in [-0.3, -0.25) is 0 Å². The second kappa shape index (κ2) is 5.07. The van der Waals surface area contributed by atoms with Gasteiger partial charge in [-0.25, -0.2) is 0 Å². The number of nitrogens with zero attached hydrogens (tertiary/aromatic N) is 2. The van der Waals surface area contributed by atoms with E-state index in [-0.39, 0.29) is 0 Å². The van der Waals surface area contributed by atoms with Crippen molar-refractivity contribution in [3.05, 3.63) is 12.2 Å². The van der Waals surface area contributed by atoms with Crippen LogP contribution in [0.3, 0.4) is 0 Å². The van der Waals surface area contributed by atoms with Crippen molar-refractivity contribution in [2.24, 2.45) is 23.7 Å². The number of likely N-dealkylation sites (N-methyl/N-ethyl adjacent to an activating group) is 1. The predicted molar refractivity (Wildman–Crippen MR) is 84.7 cm³/mol. The van der Waals surface area contributed by atoms with Crippen molar-refractivity contribution in [3.8, 4) is 0 Å². The minimum absolute atomic E-state index is 0.934. The largest absolute Gasteiger partial charge is 0.370 e. The number of rotatable bonds is 4. The zero-order chi connectivity index (χ0) is 14.5. The Morgan fingerprint density at radius 1 is 0.905 bits per heavy atom. The van der Waals surface area contributed by atoms with Crippen molar-refractivity contribution in [2.45, 2.75) is 12.8 Å². The lowest BCUT2D eigenvalue weighted by Gasteiger charge is -2.39. The van der Waals surface area contributed by atoms with Gasteiger partial charge in [0.05, 0.1) is 53.5 Å². The zero-order valence-corrected chi connectivity index (χ0v) is 13.8. The fraction of sp³-hybridized carbons (Fsp3) is 0.889. The summed E-state index contributed by atoms with van der Waals surface area (Å²) < 4.78 is 8.10. The molecule has 0 aromatic rings. The van der Waals surface area contributed by atoms with Gasteiger partial charge in [-0.2, -0.15) is 0 Å². The van der Waals surface area contributed by atoms with Crippen LogP contribution in [-0.4, -0.2) is 75.5 Å². The molecule has 2 heterocycles. The number of ether oxygens (including phenoxy) is 1. The van der Waals surface area contributed by atoms with Gasteiger partial charge in [-0.1, -0.05) is 12.2 Å². The summed E-state index contributed by atoms with van der Waals surface area (Å²) in [5, 5.41) is 0. The molecule has 4 aliphatic rings. The lowest BCUT2D eigenvalue weighted by atomic mass is 9.86. The lowest BCUT2D eigenvalue weighted by Crippen LogP contribution is -2.53. The lowest BCUT2D eigenvalue weighted by molar-refractivity contribution is -0.929. The van der Waals surface area contributed by atoms with Crippen molar-refractivity contribution in [1.82, 2.24) is 0 Å². The number of allylic oxidation sites excluding steroid dienone is 2. The molecule has 0 aromatic heterocycles. The summed E-state index contributed by atoms with van der Waals surface area (Å²) in [4.78, 5) is 0. The number of likely N-dealkylation sites (tertiary alicyclic amines) is 1. The molecule has 3 nitrogen and oxygen atoms in total. The topological polar surface area (TPSA) is 9.23 Å². The number of hydrogen-bond donors (Lipinski definition) is 0. The van der Waals surface area contributed by atoms with Crippen LogP contribution in [0.25, 0.3) is 0 Å². The number of hydrogen-bond acceptors (Lipinski definition) is 1. The van der Waals surface area contributed by atoms with Gasteiger partial charge in [-0.15, -0.1) is 0 Å². The summed E-state index contributed by atoms with van der Waals surface area (Å²) >= 11 is 0. The van der Waals surface area contributed by atoms with Crippen LogP contribution in [-0.2, 0) is 4.74 Å². The van der Waals surface area contributed by atoms with E-state index in [1.54, 1.807) is 0 Å². The third-order valence-electron chi connectivity index (χ3n) is 7.05. The van der Waals surface area contributed by atoms with E-state index < -0.39 is 0 Å². The van der Waals surface area contributed by atoms with Crippen molar-refractivity contribution in [1.29, 1.82) is 0 Å². The van der Waals surface area contributed by atoms with Crippen LogP contribution < -0.4 is 0 Å². The molecule has 0 aromatic carbocycles. The Kier molecular flexibility index (Phi) is 3.44. The molecule has 4 rings (SSSR count). The van der Waals surface area contributed by atoms with Gasteiger partial charge in [-0.05, 0) is 18.3 Å². The molecule has 118 valence electrons. The standard InChI is InChI=1S/C18H32N2O/c1-19(8-10-21-11-9-19)6-3-7-20(2)13-17-15-4-5-16(12-15)18(17)14-20/h4-5,15-18H,3,6-14H2,1-2H3/q+2/t15-,16-,17-,18-/m0/s1. The van der Waals surface area contributed by atoms with E-state index in [2.05, 4.69) is 26.2 Å². The molecule has 1 saturated carbocycles. The Balaban J connectivity index is 1.30. The minimum Gasteiger partial charge on any atom is -0.370 e. The van der Waals surface area contributed by atoms with Gasteiger partial charge in [0.25, 0.3) is 0 Å². The van der Waals surface area contributed by atoms with E-state index >= 15 is 0 Å². The highest BCUT2D eigenvalue weighted by Gasteiger charge is 2.54. The Morgan fingerprint density at radius 3 is 2.10 bits per heavy atom. The van der Waals surface area contributed by atoms with E-state index in [0.717, 1.165) is 36.9 Å². The van der Waals surface area contributed by atoms with E-state index in [9.17, 15) is 0 Å². The average Bonchev–Trinajstić information content (AvgIpc) is 3.10. The van der Waals surface area contributed by atoms with Gasteiger partial charge < -0.3 is 13.7 Å². The smallest absolute Gasteiger partial charge is 0.102 e. The van der Waals surface area contributed by atoms with E-state index in [1.165, 1.54) is 61.1 Å². The minimum atomic E-state index is 0.934. The summed E-state index contributed by atoms with van der Waals surface area (Å²) in [6.45, 7) is 9.97. The molecular weight excluding hydrogens is 260 g/mol. The first kappa shape index (κ1) is 14.2. The summed E-state index contributed by atoms with van der Waals surface area (Å²) in [6, 6.07) is 0. The van der Waals surface area contributed by atoms with Crippen molar-refractivity contribution >= 4 is 0 Å². The molecule has 0 spiro atoms. The second-order valence-corrected chi connectivity index (χ2v) is 8.74. The molecular formula is C18H32N2O+2. The van der Waals surface area contributed by atoms with Crippen LogP contribution in [0.1, 0.15) is 12.8 Å². The van der Waals surface area contributed by atoms with E-state index in [0.29, 0.717) is 0 Å². The molecule has 2 aliphatic carbocycles. The van der Waals surface area contributed by atoms with Crippen molar-refractivity contribution < 1.29 is 13.7 Å². The number of morpholine rings is 1. The molecule has 3 heteroatoms. The van der Waals surface area contributed by atoms with Gasteiger partial charge in [0, 0.05) is 18.3 Å². The molecule has 0 N–H and O–H groups in total. The SMILES string of the molecule is C[N+]1(CCC[N+]2(C)C[C@@H]3[C@@H](C2)[C@H]2C=C[C@H]3C2)CCOCC1. The summed E-state index contributed by atoms with van der Waals surface area (Å²) in [6.07, 6.45) is 7.92. The third-order valence-corrected chi connectivity index (χ3v) is 7.05. The Hall–Kier alpha value is -0.380. The Labute approximate surface area is 129 Å². The molecule has 2 aliphatic heterocycles. The molecule has 3 fully saturated rings. The predicted octanol–water partition coefficient (Wildman–Crippen LogP) is 1.75. The van der Waals surface area contributed by atoms with Gasteiger partial charge >= 0.3 is 0 Å². The maximum atomic E-state index is 5.52. The van der Waals surface area contributed by atoms with Crippen LogP contribution in [0.15, 0.2) is 12.2 Å². The zero-order valence-electron chi connectivity index (χ0n) is 13.8. The quantitative estimate of drug-likeness (QED) is 0.567. The highest BCUT2D eigenvalue weighted by atomic mass is 16.5. The van der Waals surface area contributed by atoms with Crippen molar-refractivity contribution in [3.63, 3.8) is 0 Å². The average molecular weight is 292 g/mol. The first-order valence-electron chi connectivity index (χ1n) is 9.00. The van der Waals surface area contributed by atoms with Crippen molar-refractivity contribution in [2.75, 3.05) is 66.6 Å². The maximum absolute atomic E-state index is 5.52. The summed E-state index contributed by atoms with van der Waals surface area (Å²) in [5.41, 5.74) is 0. The molecule has 0 amide bonds. The van der Waals surface area contributed by atoms with Gasteiger partial charge in [0.1, 0.15) is 13.1 Å².